The molecule has 0 aromatic heterocycles. The maximum Gasteiger partial charge on any atom is 0.328 e. The Bertz CT molecular complexity index is 776. The molecule has 1 aromatic rings. The van der Waals surface area contributed by atoms with Gasteiger partial charge in [-0.3, -0.25) is 10.1 Å². The summed E-state index contributed by atoms with van der Waals surface area (Å²) >= 11 is 0. The van der Waals surface area contributed by atoms with Crippen LogP contribution in [0.25, 0.3) is 0 Å². The fourth-order valence-corrected chi connectivity index (χ4v) is 3.20. The minimum absolute atomic E-state index is 0.0213. The number of nitrogens with one attached hydrogen (secondary N) is 1. The Hall–Kier alpha value is -2.36. The zero-order chi connectivity index (χ0) is 18.6. The van der Waals surface area contributed by atoms with Gasteiger partial charge in [-0.1, -0.05) is 0 Å². The SMILES string of the molecule is CCOC(=O)C1Cc2cc(OCCCS(C)(=O)=O)cc([N+](=O)[O-])c2N1. The van der Waals surface area contributed by atoms with Crippen molar-refractivity contribution in [2.45, 2.75) is 25.8 Å². The van der Waals surface area contributed by atoms with Crippen molar-refractivity contribution in [2.75, 3.05) is 30.5 Å². The minimum Gasteiger partial charge on any atom is -0.493 e. The van der Waals surface area contributed by atoms with Crippen LogP contribution < -0.4 is 10.1 Å². The number of nitro benzene ring substituents is 1. The molecular formula is C15H20N2O7S. The van der Waals surface area contributed by atoms with Crippen molar-refractivity contribution in [3.05, 3.63) is 27.8 Å². The van der Waals surface area contributed by atoms with Gasteiger partial charge in [0.05, 0.1) is 30.0 Å². The zero-order valence-electron chi connectivity index (χ0n) is 14.0. The molecule has 10 heteroatoms. The molecule has 0 radical (unpaired) electrons. The van der Waals surface area contributed by atoms with Gasteiger partial charge >= 0.3 is 5.97 Å². The standard InChI is InChI=1S/C15H20N2O7S/c1-3-23-15(18)12-8-10-7-11(24-5-4-6-25(2,21)22)9-13(17(19)20)14(10)16-12/h7,9,12,16H,3-6,8H2,1-2H3. The van der Waals surface area contributed by atoms with Gasteiger partial charge in [0.1, 0.15) is 27.3 Å². The van der Waals surface area contributed by atoms with Crippen LogP contribution >= 0.6 is 0 Å². The highest BCUT2D eigenvalue weighted by Gasteiger charge is 2.33. The van der Waals surface area contributed by atoms with Gasteiger partial charge in [-0.15, -0.1) is 0 Å². The molecule has 1 N–H and O–H groups in total. The molecule has 0 saturated carbocycles. The molecule has 138 valence electrons. The van der Waals surface area contributed by atoms with Crippen molar-refractivity contribution in [1.82, 2.24) is 0 Å². The molecule has 1 heterocycles. The van der Waals surface area contributed by atoms with Crippen molar-refractivity contribution >= 4 is 27.2 Å². The van der Waals surface area contributed by atoms with Gasteiger partial charge in [-0.05, 0) is 25.0 Å². The average Bonchev–Trinajstić information content (AvgIpc) is 2.94. The number of hydrogen-bond donors (Lipinski definition) is 1. The molecule has 1 aliphatic heterocycles. The Kier molecular flexibility index (Phi) is 5.83. The quantitative estimate of drug-likeness (QED) is 0.313. The van der Waals surface area contributed by atoms with Crippen molar-refractivity contribution in [3.8, 4) is 5.75 Å². The van der Waals surface area contributed by atoms with E-state index in [1.54, 1.807) is 13.0 Å². The smallest absolute Gasteiger partial charge is 0.328 e. The zero-order valence-corrected chi connectivity index (χ0v) is 14.8. The van der Waals surface area contributed by atoms with Crippen molar-refractivity contribution in [2.24, 2.45) is 0 Å². The number of anilines is 1. The first-order chi connectivity index (χ1) is 11.7. The molecule has 9 nitrogen and oxygen atoms in total. The summed E-state index contributed by atoms with van der Waals surface area (Å²) in [6.07, 6.45) is 1.68. The third kappa shape index (κ3) is 5.05. The summed E-state index contributed by atoms with van der Waals surface area (Å²) < 4.78 is 32.6. The normalized spacial score (nSPS) is 16.0. The van der Waals surface area contributed by atoms with E-state index in [0.29, 0.717) is 5.56 Å². The van der Waals surface area contributed by atoms with Crippen LogP contribution in [0.5, 0.6) is 5.75 Å². The molecule has 1 unspecified atom stereocenters. The van der Waals surface area contributed by atoms with Gasteiger partial charge in [0.2, 0.25) is 0 Å². The fraction of sp³-hybridized carbons (Fsp3) is 0.533. The second-order valence-corrected chi connectivity index (χ2v) is 7.98. The summed E-state index contributed by atoms with van der Waals surface area (Å²) in [4.78, 5) is 22.6. The largest absolute Gasteiger partial charge is 0.493 e. The Balaban J connectivity index is 2.13. The van der Waals surface area contributed by atoms with Crippen molar-refractivity contribution in [3.63, 3.8) is 0 Å². The fourth-order valence-electron chi connectivity index (χ4n) is 2.55. The summed E-state index contributed by atoms with van der Waals surface area (Å²) in [5.74, 6) is -0.221. The highest BCUT2D eigenvalue weighted by molar-refractivity contribution is 7.90. The van der Waals surface area contributed by atoms with Crippen molar-refractivity contribution in [1.29, 1.82) is 0 Å². The van der Waals surface area contributed by atoms with Crippen molar-refractivity contribution < 1.29 is 27.6 Å². The molecule has 0 aliphatic carbocycles. The predicted molar refractivity (Wildman–Crippen MR) is 90.7 cm³/mol. The van der Waals surface area contributed by atoms with Gasteiger partial charge in [-0.25, -0.2) is 13.2 Å². The number of carbonyl (C=O) groups is 1. The number of carbonyl (C=O) groups excluding carboxylic acids is 1. The van der Waals surface area contributed by atoms with E-state index in [-0.39, 0.29) is 48.9 Å². The number of nitro groups is 1. The van der Waals surface area contributed by atoms with Crippen LogP contribution in [0, 0.1) is 10.1 Å². The Morgan fingerprint density at radius 2 is 2.16 bits per heavy atom. The maximum absolute atomic E-state index is 11.8. The Labute approximate surface area is 145 Å². The van der Waals surface area contributed by atoms with E-state index in [2.05, 4.69) is 5.32 Å². The highest BCUT2D eigenvalue weighted by atomic mass is 32.2. The number of hydrogen-bond acceptors (Lipinski definition) is 8. The highest BCUT2D eigenvalue weighted by Crippen LogP contribution is 2.38. The van der Waals surface area contributed by atoms with Gasteiger partial charge in [0.15, 0.2) is 0 Å². The number of sulfone groups is 1. The second kappa shape index (κ2) is 7.68. The van der Waals surface area contributed by atoms with Gasteiger partial charge in [0, 0.05) is 12.7 Å². The summed E-state index contributed by atoms with van der Waals surface area (Å²) in [6, 6.07) is 2.21. The third-order valence-corrected chi connectivity index (χ3v) is 4.64. The van der Waals surface area contributed by atoms with E-state index in [1.165, 1.54) is 6.07 Å². The number of rotatable bonds is 8. The van der Waals surface area contributed by atoms with Crippen LogP contribution in [0.1, 0.15) is 18.9 Å². The molecule has 0 fully saturated rings. The first-order valence-corrected chi connectivity index (χ1v) is 9.82. The summed E-state index contributed by atoms with van der Waals surface area (Å²) in [7, 11) is -3.08. The number of fused-ring (bicyclic) bond motifs is 1. The van der Waals surface area contributed by atoms with E-state index in [4.69, 9.17) is 9.47 Å². The monoisotopic (exact) mass is 372 g/mol. The van der Waals surface area contributed by atoms with Crippen LogP contribution in [0.15, 0.2) is 12.1 Å². The van der Waals surface area contributed by atoms with Crippen LogP contribution in [-0.2, 0) is 25.8 Å². The van der Waals surface area contributed by atoms with Crippen LogP contribution in [0.3, 0.4) is 0 Å². The van der Waals surface area contributed by atoms with Crippen LogP contribution in [0.2, 0.25) is 0 Å². The summed E-state index contributed by atoms with van der Waals surface area (Å²) in [5, 5.41) is 14.1. The average molecular weight is 372 g/mol. The third-order valence-electron chi connectivity index (χ3n) is 3.61. The molecule has 1 aromatic carbocycles. The maximum atomic E-state index is 11.8. The second-order valence-electron chi connectivity index (χ2n) is 5.72. The Morgan fingerprint density at radius 1 is 1.44 bits per heavy atom. The lowest BCUT2D eigenvalue weighted by Crippen LogP contribution is -2.29. The van der Waals surface area contributed by atoms with Crippen LogP contribution in [-0.4, -0.2) is 50.6 Å². The lowest BCUT2D eigenvalue weighted by Gasteiger charge is -2.09. The molecule has 0 saturated heterocycles. The number of ether oxygens (including phenoxy) is 2. The lowest BCUT2D eigenvalue weighted by molar-refractivity contribution is -0.384. The number of nitrogens with zero attached hydrogens (tertiary/aromatic N) is 1. The van der Waals surface area contributed by atoms with E-state index in [0.717, 1.165) is 6.26 Å². The molecular weight excluding hydrogens is 352 g/mol. The summed E-state index contributed by atoms with van der Waals surface area (Å²) in [6.45, 7) is 2.03. The summed E-state index contributed by atoms with van der Waals surface area (Å²) in [5.41, 5.74) is 0.680. The molecule has 2 rings (SSSR count). The molecule has 0 spiro atoms. The lowest BCUT2D eigenvalue weighted by atomic mass is 10.1. The minimum atomic E-state index is -3.08. The van der Waals surface area contributed by atoms with E-state index in [1.807, 2.05) is 0 Å². The van der Waals surface area contributed by atoms with E-state index in [9.17, 15) is 23.3 Å². The number of esters is 1. The Morgan fingerprint density at radius 3 is 2.76 bits per heavy atom. The van der Waals surface area contributed by atoms with Gasteiger partial charge in [-0.2, -0.15) is 0 Å². The topological polar surface area (TPSA) is 125 Å². The first-order valence-electron chi connectivity index (χ1n) is 7.76. The first kappa shape index (κ1) is 19.0. The molecule has 1 atom stereocenters. The van der Waals surface area contributed by atoms with Crippen LogP contribution in [0.4, 0.5) is 11.4 Å². The number of benzene rings is 1. The predicted octanol–water partition coefficient (Wildman–Crippen LogP) is 1.31. The van der Waals surface area contributed by atoms with E-state index >= 15 is 0 Å². The van der Waals surface area contributed by atoms with Gasteiger partial charge in [0.25, 0.3) is 5.69 Å². The van der Waals surface area contributed by atoms with Gasteiger partial charge < -0.3 is 14.8 Å². The molecule has 25 heavy (non-hydrogen) atoms. The molecule has 0 bridgehead atoms. The molecule has 0 amide bonds. The van der Waals surface area contributed by atoms with E-state index < -0.39 is 26.8 Å². The molecule has 1 aliphatic rings.